The number of guanidine groups is 1. The Labute approximate surface area is 176 Å². The quantitative estimate of drug-likeness (QED) is 0.186. The third kappa shape index (κ3) is 12.3. The molecule has 26 heavy (non-hydrogen) atoms. The van der Waals surface area contributed by atoms with E-state index in [9.17, 15) is 0 Å². The summed E-state index contributed by atoms with van der Waals surface area (Å²) in [7, 11) is 5.27. The zero-order valence-electron chi connectivity index (χ0n) is 16.7. The first kappa shape index (κ1) is 25.8. The standard InChI is InChI=1S/C18H37N3O4.HI/c1-19-18(20-9-4-5-13-24-16-15-23-3)21-10-7-17(8-11-21)25-14-6-12-22-2;/h17H,4-16H2,1-3H3,(H,19,20);1H. The van der Waals surface area contributed by atoms with Gasteiger partial charge in [0.25, 0.3) is 0 Å². The van der Waals surface area contributed by atoms with Crippen LogP contribution in [0.25, 0.3) is 0 Å². The molecule has 1 aliphatic heterocycles. The van der Waals surface area contributed by atoms with Crippen molar-refractivity contribution in [3.63, 3.8) is 0 Å². The van der Waals surface area contributed by atoms with E-state index < -0.39 is 0 Å². The number of nitrogens with zero attached hydrogens (tertiary/aromatic N) is 2. The van der Waals surface area contributed by atoms with Crippen LogP contribution in [-0.4, -0.2) is 90.9 Å². The van der Waals surface area contributed by atoms with Gasteiger partial charge in [-0.05, 0) is 32.1 Å². The van der Waals surface area contributed by atoms with Gasteiger partial charge in [0.1, 0.15) is 0 Å². The Balaban J connectivity index is 0.00000625. The molecule has 0 bridgehead atoms. The van der Waals surface area contributed by atoms with Crippen molar-refractivity contribution in [2.24, 2.45) is 4.99 Å². The molecule has 0 amide bonds. The molecular formula is C18H38IN3O4. The van der Waals surface area contributed by atoms with Crippen molar-refractivity contribution >= 4 is 29.9 Å². The predicted octanol–water partition coefficient (Wildman–Crippen LogP) is 2.14. The summed E-state index contributed by atoms with van der Waals surface area (Å²) in [5.74, 6) is 0.998. The van der Waals surface area contributed by atoms with Crippen LogP contribution in [0.3, 0.4) is 0 Å². The maximum Gasteiger partial charge on any atom is 0.193 e. The zero-order chi connectivity index (χ0) is 18.2. The van der Waals surface area contributed by atoms with Crippen LogP contribution in [0.1, 0.15) is 32.1 Å². The molecule has 1 saturated heterocycles. The number of ether oxygens (including phenoxy) is 4. The number of hydrogen-bond donors (Lipinski definition) is 1. The maximum absolute atomic E-state index is 5.91. The molecule has 156 valence electrons. The highest BCUT2D eigenvalue weighted by Crippen LogP contribution is 2.14. The molecule has 0 radical (unpaired) electrons. The number of hydrogen-bond acceptors (Lipinski definition) is 5. The molecular weight excluding hydrogens is 449 g/mol. The third-order valence-corrected chi connectivity index (χ3v) is 4.23. The maximum atomic E-state index is 5.91. The van der Waals surface area contributed by atoms with Crippen LogP contribution < -0.4 is 5.32 Å². The Kier molecular flexibility index (Phi) is 18.1. The molecule has 8 heteroatoms. The molecule has 1 N–H and O–H groups in total. The van der Waals surface area contributed by atoms with E-state index in [1.165, 1.54) is 0 Å². The smallest absolute Gasteiger partial charge is 0.193 e. The van der Waals surface area contributed by atoms with Gasteiger partial charge in [0.15, 0.2) is 5.96 Å². The number of piperidine rings is 1. The predicted molar refractivity (Wildman–Crippen MR) is 116 cm³/mol. The Morgan fingerprint density at radius 2 is 1.69 bits per heavy atom. The van der Waals surface area contributed by atoms with Gasteiger partial charge < -0.3 is 29.2 Å². The highest BCUT2D eigenvalue weighted by molar-refractivity contribution is 14.0. The second-order valence-electron chi connectivity index (χ2n) is 6.19. The number of unbranched alkanes of at least 4 members (excludes halogenated alkanes) is 1. The fourth-order valence-electron chi connectivity index (χ4n) is 2.79. The van der Waals surface area contributed by atoms with Crippen LogP contribution in [-0.2, 0) is 18.9 Å². The van der Waals surface area contributed by atoms with Crippen LogP contribution >= 0.6 is 24.0 Å². The number of methoxy groups -OCH3 is 2. The first-order valence-corrected chi connectivity index (χ1v) is 9.44. The SMILES string of the molecule is CN=C(NCCCCOCCOC)N1CCC(OCCCOC)CC1.I. The molecule has 0 spiro atoms. The molecule has 0 unspecified atom stereocenters. The van der Waals surface area contributed by atoms with Gasteiger partial charge in [0.05, 0.1) is 19.3 Å². The normalized spacial score (nSPS) is 15.8. The minimum Gasteiger partial charge on any atom is -0.385 e. The number of halogens is 1. The van der Waals surface area contributed by atoms with Gasteiger partial charge in [0.2, 0.25) is 0 Å². The van der Waals surface area contributed by atoms with Crippen molar-refractivity contribution in [2.45, 2.75) is 38.2 Å². The van der Waals surface area contributed by atoms with Crippen molar-refractivity contribution in [2.75, 3.05) is 73.9 Å². The lowest BCUT2D eigenvalue weighted by Crippen LogP contribution is -2.47. The van der Waals surface area contributed by atoms with Crippen molar-refractivity contribution in [3.8, 4) is 0 Å². The molecule has 1 heterocycles. The van der Waals surface area contributed by atoms with Gasteiger partial charge in [-0.2, -0.15) is 0 Å². The monoisotopic (exact) mass is 487 g/mol. The molecule has 0 aromatic heterocycles. The molecule has 0 aromatic rings. The molecule has 0 aliphatic carbocycles. The van der Waals surface area contributed by atoms with E-state index in [1.54, 1.807) is 14.2 Å². The number of nitrogens with one attached hydrogen (secondary N) is 1. The first-order valence-electron chi connectivity index (χ1n) is 9.44. The van der Waals surface area contributed by atoms with Gasteiger partial charge in [-0.3, -0.25) is 4.99 Å². The lowest BCUT2D eigenvalue weighted by Gasteiger charge is -2.34. The summed E-state index contributed by atoms with van der Waals surface area (Å²) in [5.41, 5.74) is 0. The van der Waals surface area contributed by atoms with Gasteiger partial charge in [-0.25, -0.2) is 0 Å². The third-order valence-electron chi connectivity index (χ3n) is 4.23. The Bertz CT molecular complexity index is 340. The summed E-state index contributed by atoms with van der Waals surface area (Å²) < 4.78 is 21.4. The van der Waals surface area contributed by atoms with Crippen molar-refractivity contribution < 1.29 is 18.9 Å². The van der Waals surface area contributed by atoms with E-state index >= 15 is 0 Å². The van der Waals surface area contributed by atoms with Crippen LogP contribution in [0.5, 0.6) is 0 Å². The first-order chi connectivity index (χ1) is 12.3. The van der Waals surface area contributed by atoms with E-state index in [2.05, 4.69) is 15.2 Å². The molecule has 1 rings (SSSR count). The molecule has 0 aromatic carbocycles. The summed E-state index contributed by atoms with van der Waals surface area (Å²) in [5, 5.41) is 3.45. The highest BCUT2D eigenvalue weighted by atomic mass is 127. The minimum atomic E-state index is 0. The van der Waals surface area contributed by atoms with Crippen molar-refractivity contribution in [1.82, 2.24) is 10.2 Å². The van der Waals surface area contributed by atoms with E-state index in [0.29, 0.717) is 19.3 Å². The van der Waals surface area contributed by atoms with E-state index in [-0.39, 0.29) is 24.0 Å². The highest BCUT2D eigenvalue weighted by Gasteiger charge is 2.21. The van der Waals surface area contributed by atoms with Crippen LogP contribution in [0.2, 0.25) is 0 Å². The van der Waals surface area contributed by atoms with E-state index in [1.807, 2.05) is 7.05 Å². The summed E-state index contributed by atoms with van der Waals surface area (Å²) in [6.07, 6.45) is 5.57. The number of rotatable bonds is 13. The van der Waals surface area contributed by atoms with Crippen LogP contribution in [0, 0.1) is 0 Å². The molecule has 0 atom stereocenters. The zero-order valence-corrected chi connectivity index (χ0v) is 19.0. The Hall–Kier alpha value is -0.160. The molecule has 0 saturated carbocycles. The summed E-state index contributed by atoms with van der Waals surface area (Å²) in [6.45, 7) is 6.60. The minimum absolute atomic E-state index is 0. The lowest BCUT2D eigenvalue weighted by atomic mass is 10.1. The van der Waals surface area contributed by atoms with Crippen LogP contribution in [0.15, 0.2) is 4.99 Å². The average molecular weight is 487 g/mol. The topological polar surface area (TPSA) is 64.6 Å². The lowest BCUT2D eigenvalue weighted by molar-refractivity contribution is 0.00990. The van der Waals surface area contributed by atoms with E-state index in [0.717, 1.165) is 77.5 Å². The van der Waals surface area contributed by atoms with Crippen molar-refractivity contribution in [3.05, 3.63) is 0 Å². The largest absolute Gasteiger partial charge is 0.385 e. The van der Waals surface area contributed by atoms with Gasteiger partial charge in [0, 0.05) is 60.7 Å². The summed E-state index contributed by atoms with van der Waals surface area (Å²) in [6, 6.07) is 0. The van der Waals surface area contributed by atoms with Crippen LogP contribution in [0.4, 0.5) is 0 Å². The van der Waals surface area contributed by atoms with E-state index in [4.69, 9.17) is 18.9 Å². The number of likely N-dealkylation sites (tertiary alicyclic amines) is 1. The molecule has 1 fully saturated rings. The number of aliphatic imine (C=N–C) groups is 1. The molecule has 7 nitrogen and oxygen atoms in total. The molecule has 1 aliphatic rings. The summed E-state index contributed by atoms with van der Waals surface area (Å²) in [4.78, 5) is 6.73. The second-order valence-corrected chi connectivity index (χ2v) is 6.19. The Morgan fingerprint density at radius 1 is 0.962 bits per heavy atom. The fourth-order valence-corrected chi connectivity index (χ4v) is 2.79. The van der Waals surface area contributed by atoms with Gasteiger partial charge >= 0.3 is 0 Å². The Morgan fingerprint density at radius 3 is 2.35 bits per heavy atom. The second kappa shape index (κ2) is 18.2. The fraction of sp³-hybridized carbons (Fsp3) is 0.944. The average Bonchev–Trinajstić information content (AvgIpc) is 2.65. The van der Waals surface area contributed by atoms with Gasteiger partial charge in [-0.1, -0.05) is 0 Å². The van der Waals surface area contributed by atoms with Gasteiger partial charge in [-0.15, -0.1) is 24.0 Å². The van der Waals surface area contributed by atoms with Crippen molar-refractivity contribution in [1.29, 1.82) is 0 Å². The summed E-state index contributed by atoms with van der Waals surface area (Å²) >= 11 is 0.